The van der Waals surface area contributed by atoms with Crippen LogP contribution in [0, 0.1) is 0 Å². The fourth-order valence-electron chi connectivity index (χ4n) is 1.39. The van der Waals surface area contributed by atoms with E-state index in [9.17, 15) is 4.79 Å². The summed E-state index contributed by atoms with van der Waals surface area (Å²) in [5.74, 6) is 1.24. The molecule has 0 atom stereocenters. The first kappa shape index (κ1) is 8.04. The van der Waals surface area contributed by atoms with Crippen LogP contribution >= 0.6 is 0 Å². The Balaban J connectivity index is 2.83. The van der Waals surface area contributed by atoms with E-state index in [-0.39, 0.29) is 5.56 Å². The predicted octanol–water partition coefficient (Wildman–Crippen LogP) is 1.15. The van der Waals surface area contributed by atoms with Crippen molar-refractivity contribution in [3.8, 4) is 0 Å². The number of imidazole rings is 1. The van der Waals surface area contributed by atoms with Gasteiger partial charge in [0.1, 0.15) is 11.3 Å². The van der Waals surface area contributed by atoms with E-state index in [0.717, 1.165) is 5.82 Å². The Kier molecular flexibility index (Phi) is 1.69. The molecule has 4 nitrogen and oxygen atoms in total. The molecule has 2 rings (SSSR count). The fraction of sp³-hybridized carbons (Fsp3) is 0.333. The third-order valence-electron chi connectivity index (χ3n) is 2.01. The maximum absolute atomic E-state index is 11.3. The number of rotatable bonds is 1. The molecule has 0 aliphatic rings. The van der Waals surface area contributed by atoms with Gasteiger partial charge in [-0.1, -0.05) is 13.8 Å². The fourth-order valence-corrected chi connectivity index (χ4v) is 1.39. The topological polar surface area (TPSA) is 50.2 Å². The molecule has 0 saturated heterocycles. The van der Waals surface area contributed by atoms with Crippen LogP contribution in [0.1, 0.15) is 25.6 Å². The smallest absolute Gasteiger partial charge is 0.273 e. The minimum absolute atomic E-state index is 0.0955. The third-order valence-corrected chi connectivity index (χ3v) is 2.01. The molecule has 0 saturated carbocycles. The van der Waals surface area contributed by atoms with Crippen LogP contribution in [0.2, 0.25) is 0 Å². The molecule has 0 spiro atoms. The van der Waals surface area contributed by atoms with Crippen molar-refractivity contribution in [3.05, 3.63) is 34.8 Å². The number of aromatic nitrogens is 3. The number of H-pyrrole nitrogens is 1. The zero-order valence-corrected chi connectivity index (χ0v) is 7.61. The first-order valence-electron chi connectivity index (χ1n) is 4.25. The Morgan fingerprint density at radius 2 is 2.31 bits per heavy atom. The maximum atomic E-state index is 11.3. The Morgan fingerprint density at radius 1 is 1.54 bits per heavy atom. The Hall–Kier alpha value is -1.58. The Bertz CT molecular complexity index is 481. The molecular weight excluding hydrogens is 166 g/mol. The molecule has 0 aliphatic heterocycles. The summed E-state index contributed by atoms with van der Waals surface area (Å²) in [6, 6.07) is 0. The summed E-state index contributed by atoms with van der Waals surface area (Å²) >= 11 is 0. The van der Waals surface area contributed by atoms with Gasteiger partial charge in [-0.3, -0.25) is 9.20 Å². The molecule has 0 unspecified atom stereocenters. The molecule has 2 aromatic heterocycles. The third kappa shape index (κ3) is 1.14. The van der Waals surface area contributed by atoms with E-state index in [0.29, 0.717) is 11.4 Å². The SMILES string of the molecule is CC(C)c1ncc2c(=O)[nH]ccn12. The molecule has 2 heterocycles. The van der Waals surface area contributed by atoms with Crippen LogP contribution in [-0.4, -0.2) is 14.4 Å². The lowest BCUT2D eigenvalue weighted by Crippen LogP contribution is -2.08. The lowest BCUT2D eigenvalue weighted by molar-refractivity contribution is 0.768. The number of aromatic amines is 1. The van der Waals surface area contributed by atoms with Gasteiger partial charge in [-0.05, 0) is 0 Å². The van der Waals surface area contributed by atoms with Gasteiger partial charge in [0, 0.05) is 18.3 Å². The molecule has 0 bridgehead atoms. The van der Waals surface area contributed by atoms with Crippen molar-refractivity contribution in [3.63, 3.8) is 0 Å². The van der Waals surface area contributed by atoms with Crippen LogP contribution in [0.5, 0.6) is 0 Å². The first-order valence-corrected chi connectivity index (χ1v) is 4.25. The van der Waals surface area contributed by atoms with Crippen LogP contribution < -0.4 is 5.56 Å². The number of nitrogens with zero attached hydrogens (tertiary/aromatic N) is 2. The average Bonchev–Trinajstić information content (AvgIpc) is 2.48. The van der Waals surface area contributed by atoms with Crippen molar-refractivity contribution in [2.75, 3.05) is 0 Å². The minimum Gasteiger partial charge on any atom is -0.326 e. The van der Waals surface area contributed by atoms with E-state index in [1.165, 1.54) is 0 Å². The van der Waals surface area contributed by atoms with Gasteiger partial charge in [0.15, 0.2) is 0 Å². The maximum Gasteiger partial charge on any atom is 0.273 e. The molecule has 0 radical (unpaired) electrons. The summed E-state index contributed by atoms with van der Waals surface area (Å²) in [5.41, 5.74) is 0.508. The summed E-state index contributed by atoms with van der Waals surface area (Å²) in [5, 5.41) is 0. The summed E-state index contributed by atoms with van der Waals surface area (Å²) < 4.78 is 1.82. The lowest BCUT2D eigenvalue weighted by Gasteiger charge is -2.02. The van der Waals surface area contributed by atoms with Gasteiger partial charge in [-0.2, -0.15) is 0 Å². The van der Waals surface area contributed by atoms with Crippen molar-refractivity contribution >= 4 is 5.52 Å². The predicted molar refractivity (Wildman–Crippen MR) is 49.9 cm³/mol. The number of hydrogen-bond donors (Lipinski definition) is 1. The summed E-state index contributed by atoms with van der Waals surface area (Å²) in [4.78, 5) is 18.1. The summed E-state index contributed by atoms with van der Waals surface area (Å²) in [7, 11) is 0. The molecule has 0 aromatic carbocycles. The van der Waals surface area contributed by atoms with Gasteiger partial charge in [0.25, 0.3) is 5.56 Å². The number of hydrogen-bond acceptors (Lipinski definition) is 2. The highest BCUT2D eigenvalue weighted by atomic mass is 16.1. The zero-order valence-electron chi connectivity index (χ0n) is 7.61. The molecule has 13 heavy (non-hydrogen) atoms. The van der Waals surface area contributed by atoms with Gasteiger partial charge in [-0.25, -0.2) is 4.98 Å². The minimum atomic E-state index is -0.0955. The molecule has 2 aromatic rings. The number of nitrogens with one attached hydrogen (secondary N) is 1. The van der Waals surface area contributed by atoms with E-state index >= 15 is 0 Å². The van der Waals surface area contributed by atoms with Crippen molar-refractivity contribution in [2.24, 2.45) is 0 Å². The molecular formula is C9H11N3O. The van der Waals surface area contributed by atoms with Crippen LogP contribution in [-0.2, 0) is 0 Å². The highest BCUT2D eigenvalue weighted by molar-refractivity contribution is 5.43. The highest BCUT2D eigenvalue weighted by Crippen LogP contribution is 2.12. The zero-order chi connectivity index (χ0) is 9.42. The number of fused-ring (bicyclic) bond motifs is 1. The lowest BCUT2D eigenvalue weighted by atomic mass is 10.2. The van der Waals surface area contributed by atoms with Gasteiger partial charge < -0.3 is 4.98 Å². The summed E-state index contributed by atoms with van der Waals surface area (Å²) in [6.07, 6.45) is 5.05. The van der Waals surface area contributed by atoms with E-state index in [1.807, 2.05) is 10.6 Å². The van der Waals surface area contributed by atoms with Gasteiger partial charge in [-0.15, -0.1) is 0 Å². The molecule has 4 heteroatoms. The van der Waals surface area contributed by atoms with Crippen LogP contribution in [0.25, 0.3) is 5.52 Å². The van der Waals surface area contributed by atoms with Crippen molar-refractivity contribution in [1.82, 2.24) is 14.4 Å². The van der Waals surface area contributed by atoms with Crippen LogP contribution in [0.15, 0.2) is 23.4 Å². The van der Waals surface area contributed by atoms with Gasteiger partial charge in [0.2, 0.25) is 0 Å². The Morgan fingerprint density at radius 3 is 3.00 bits per heavy atom. The molecule has 0 fully saturated rings. The van der Waals surface area contributed by atoms with Gasteiger partial charge in [0.05, 0.1) is 6.20 Å². The van der Waals surface area contributed by atoms with Crippen molar-refractivity contribution in [1.29, 1.82) is 0 Å². The second-order valence-corrected chi connectivity index (χ2v) is 3.32. The second kappa shape index (κ2) is 2.73. The largest absolute Gasteiger partial charge is 0.326 e. The average molecular weight is 177 g/mol. The van der Waals surface area contributed by atoms with E-state index in [1.54, 1.807) is 12.4 Å². The Labute approximate surface area is 75.2 Å². The molecule has 68 valence electrons. The monoisotopic (exact) mass is 177 g/mol. The van der Waals surface area contributed by atoms with Crippen LogP contribution in [0.4, 0.5) is 0 Å². The van der Waals surface area contributed by atoms with E-state index in [4.69, 9.17) is 0 Å². The quantitative estimate of drug-likeness (QED) is 0.710. The van der Waals surface area contributed by atoms with Crippen molar-refractivity contribution < 1.29 is 0 Å². The first-order chi connectivity index (χ1) is 6.20. The van der Waals surface area contributed by atoms with Crippen molar-refractivity contribution in [2.45, 2.75) is 19.8 Å². The molecule has 0 amide bonds. The van der Waals surface area contributed by atoms with Gasteiger partial charge >= 0.3 is 0 Å². The van der Waals surface area contributed by atoms with Crippen LogP contribution in [0.3, 0.4) is 0 Å². The highest BCUT2D eigenvalue weighted by Gasteiger charge is 2.08. The molecule has 0 aliphatic carbocycles. The second-order valence-electron chi connectivity index (χ2n) is 3.32. The summed E-state index contributed by atoms with van der Waals surface area (Å²) in [6.45, 7) is 4.10. The van der Waals surface area contributed by atoms with E-state index < -0.39 is 0 Å². The standard InChI is InChI=1S/C9H11N3O/c1-6(2)8-11-5-7-9(13)10-3-4-12(7)8/h3-6H,1-2H3,(H,10,13). The normalized spacial score (nSPS) is 11.3. The van der Waals surface area contributed by atoms with E-state index in [2.05, 4.69) is 23.8 Å². The molecule has 1 N–H and O–H groups in total.